The third kappa shape index (κ3) is 4.94. The van der Waals surface area contributed by atoms with Crippen LogP contribution in [-0.4, -0.2) is 63.0 Å². The van der Waals surface area contributed by atoms with Crippen molar-refractivity contribution in [2.45, 2.75) is 31.5 Å². The number of para-hydroxylation sites is 1. The van der Waals surface area contributed by atoms with Gasteiger partial charge in [-0.1, -0.05) is 18.2 Å². The fourth-order valence-electron chi connectivity index (χ4n) is 3.78. The van der Waals surface area contributed by atoms with Crippen LogP contribution in [0.1, 0.15) is 18.6 Å². The second-order valence-corrected chi connectivity index (χ2v) is 6.88. The number of fused-ring (bicyclic) bond motifs is 1. The van der Waals surface area contributed by atoms with Gasteiger partial charge in [0.25, 0.3) is 0 Å². The Morgan fingerprint density at radius 2 is 2.07 bits per heavy atom. The number of benzene rings is 1. The van der Waals surface area contributed by atoms with Gasteiger partial charge >= 0.3 is 0 Å². The molecule has 4 rings (SSSR count). The Morgan fingerprint density at radius 3 is 2.85 bits per heavy atom. The summed E-state index contributed by atoms with van der Waals surface area (Å²) in [6.45, 7) is 4.04. The number of halogens is 1. The van der Waals surface area contributed by atoms with Crippen LogP contribution in [0.15, 0.2) is 39.7 Å². The molecule has 3 heterocycles. The Hall–Kier alpha value is -1.32. The molecule has 0 bridgehead atoms. The van der Waals surface area contributed by atoms with Crippen LogP contribution in [0.4, 0.5) is 0 Å². The van der Waals surface area contributed by atoms with Gasteiger partial charge in [0.1, 0.15) is 17.4 Å². The molecule has 2 atom stereocenters. The molecule has 7 heteroatoms. The van der Waals surface area contributed by atoms with Gasteiger partial charge in [0.2, 0.25) is 0 Å². The van der Waals surface area contributed by atoms with E-state index in [1.807, 2.05) is 25.2 Å². The van der Waals surface area contributed by atoms with Crippen LogP contribution in [0.2, 0.25) is 0 Å². The van der Waals surface area contributed by atoms with Crippen molar-refractivity contribution in [3.05, 3.63) is 36.1 Å². The van der Waals surface area contributed by atoms with E-state index in [9.17, 15) is 0 Å². The van der Waals surface area contributed by atoms with E-state index in [4.69, 9.17) is 13.9 Å². The molecule has 148 valence electrons. The summed E-state index contributed by atoms with van der Waals surface area (Å²) in [5.74, 6) is 1.92. The fourth-order valence-corrected chi connectivity index (χ4v) is 3.78. The second-order valence-electron chi connectivity index (χ2n) is 6.88. The zero-order valence-corrected chi connectivity index (χ0v) is 18.1. The molecule has 1 aromatic heterocycles. The van der Waals surface area contributed by atoms with Crippen molar-refractivity contribution in [2.24, 2.45) is 4.99 Å². The second kappa shape index (κ2) is 9.75. The van der Waals surface area contributed by atoms with E-state index < -0.39 is 0 Å². The van der Waals surface area contributed by atoms with Crippen molar-refractivity contribution in [1.29, 1.82) is 0 Å². The zero-order chi connectivity index (χ0) is 17.8. The van der Waals surface area contributed by atoms with E-state index in [1.54, 1.807) is 0 Å². The van der Waals surface area contributed by atoms with Gasteiger partial charge in [-0.3, -0.25) is 4.99 Å². The Bertz CT molecular complexity index is 725. The lowest BCUT2D eigenvalue weighted by atomic mass is 10.1. The molecule has 2 fully saturated rings. The van der Waals surface area contributed by atoms with Crippen molar-refractivity contribution >= 4 is 40.9 Å². The average Bonchev–Trinajstić information content (AvgIpc) is 3.34. The van der Waals surface area contributed by atoms with Crippen molar-refractivity contribution in [3.8, 4) is 0 Å². The van der Waals surface area contributed by atoms with E-state index in [-0.39, 0.29) is 36.2 Å². The van der Waals surface area contributed by atoms with Crippen LogP contribution in [-0.2, 0) is 15.9 Å². The summed E-state index contributed by atoms with van der Waals surface area (Å²) in [4.78, 5) is 6.72. The Balaban J connectivity index is 0.00000210. The molecule has 6 nitrogen and oxygen atoms in total. The SMILES string of the molecule is CN=C(NCCc1cc2ccccc2o1)N1CCOC(C2CCCO2)C1.I. The summed E-state index contributed by atoms with van der Waals surface area (Å²) in [6, 6.07) is 10.2. The first-order chi connectivity index (χ1) is 12.8. The van der Waals surface area contributed by atoms with Crippen molar-refractivity contribution in [3.63, 3.8) is 0 Å². The summed E-state index contributed by atoms with van der Waals surface area (Å²) in [7, 11) is 1.83. The van der Waals surface area contributed by atoms with Crippen LogP contribution in [0.25, 0.3) is 11.0 Å². The number of aliphatic imine (C=N–C) groups is 1. The first-order valence-corrected chi connectivity index (χ1v) is 9.50. The molecule has 2 aliphatic heterocycles. The smallest absolute Gasteiger partial charge is 0.193 e. The summed E-state index contributed by atoms with van der Waals surface area (Å²) in [5.41, 5.74) is 0.944. The van der Waals surface area contributed by atoms with E-state index in [1.165, 1.54) is 0 Å². The molecule has 2 saturated heterocycles. The van der Waals surface area contributed by atoms with Gasteiger partial charge in [-0.15, -0.1) is 24.0 Å². The maximum absolute atomic E-state index is 5.93. The van der Waals surface area contributed by atoms with Crippen molar-refractivity contribution in [1.82, 2.24) is 10.2 Å². The summed E-state index contributed by atoms with van der Waals surface area (Å²) in [6.07, 6.45) is 3.42. The van der Waals surface area contributed by atoms with E-state index >= 15 is 0 Å². The minimum atomic E-state index is 0. The Morgan fingerprint density at radius 1 is 1.22 bits per heavy atom. The number of guanidine groups is 1. The van der Waals surface area contributed by atoms with Gasteiger partial charge in [0, 0.05) is 45.1 Å². The lowest BCUT2D eigenvalue weighted by Crippen LogP contribution is -2.53. The molecule has 0 radical (unpaired) electrons. The fraction of sp³-hybridized carbons (Fsp3) is 0.550. The van der Waals surface area contributed by atoms with Crippen LogP contribution in [0, 0.1) is 0 Å². The lowest BCUT2D eigenvalue weighted by molar-refractivity contribution is -0.0816. The maximum atomic E-state index is 5.93. The Kier molecular flexibility index (Phi) is 7.37. The first kappa shape index (κ1) is 20.4. The number of hydrogen-bond acceptors (Lipinski definition) is 4. The molecule has 1 N–H and O–H groups in total. The molecule has 2 aromatic rings. The number of furan rings is 1. The molecule has 0 spiro atoms. The van der Waals surface area contributed by atoms with Gasteiger partial charge in [0.05, 0.1) is 12.7 Å². The number of nitrogens with one attached hydrogen (secondary N) is 1. The molecule has 2 aliphatic rings. The van der Waals surface area contributed by atoms with Gasteiger partial charge < -0.3 is 24.1 Å². The summed E-state index contributed by atoms with van der Waals surface area (Å²) < 4.78 is 17.6. The monoisotopic (exact) mass is 485 g/mol. The van der Waals surface area contributed by atoms with Crippen LogP contribution >= 0.6 is 24.0 Å². The van der Waals surface area contributed by atoms with E-state index in [2.05, 4.69) is 27.3 Å². The Labute approximate surface area is 177 Å². The highest BCUT2D eigenvalue weighted by Crippen LogP contribution is 2.21. The standard InChI is InChI=1S/C20H27N3O3.HI/c1-21-20(23-10-12-25-19(14-23)18-7-4-11-24-18)22-9-8-16-13-15-5-2-3-6-17(15)26-16;/h2-3,5-6,13,18-19H,4,7-12,14H2,1H3,(H,21,22);1H. The molecular formula is C20H28IN3O3. The average molecular weight is 485 g/mol. The van der Waals surface area contributed by atoms with Crippen LogP contribution in [0.3, 0.4) is 0 Å². The largest absolute Gasteiger partial charge is 0.461 e. The van der Waals surface area contributed by atoms with Gasteiger partial charge in [-0.2, -0.15) is 0 Å². The highest BCUT2D eigenvalue weighted by Gasteiger charge is 2.32. The molecule has 1 aromatic carbocycles. The maximum Gasteiger partial charge on any atom is 0.193 e. The minimum absolute atomic E-state index is 0. The third-order valence-corrected chi connectivity index (χ3v) is 5.12. The number of rotatable bonds is 4. The zero-order valence-electron chi connectivity index (χ0n) is 15.7. The van der Waals surface area contributed by atoms with Gasteiger partial charge in [-0.25, -0.2) is 0 Å². The third-order valence-electron chi connectivity index (χ3n) is 5.12. The minimum Gasteiger partial charge on any atom is -0.461 e. The number of morpholine rings is 1. The van der Waals surface area contributed by atoms with Crippen LogP contribution < -0.4 is 5.32 Å². The van der Waals surface area contributed by atoms with E-state index in [0.717, 1.165) is 74.8 Å². The number of hydrogen-bond donors (Lipinski definition) is 1. The number of nitrogens with zero attached hydrogens (tertiary/aromatic N) is 2. The summed E-state index contributed by atoms with van der Waals surface area (Å²) in [5, 5.41) is 4.61. The first-order valence-electron chi connectivity index (χ1n) is 9.50. The van der Waals surface area contributed by atoms with E-state index in [0.29, 0.717) is 0 Å². The predicted molar refractivity (Wildman–Crippen MR) is 117 cm³/mol. The van der Waals surface area contributed by atoms with Crippen molar-refractivity contribution < 1.29 is 13.9 Å². The molecule has 0 amide bonds. The summed E-state index contributed by atoms with van der Waals surface area (Å²) >= 11 is 0. The molecule has 0 saturated carbocycles. The molecule has 2 unspecified atom stereocenters. The molecular weight excluding hydrogens is 457 g/mol. The molecule has 0 aliphatic carbocycles. The topological polar surface area (TPSA) is 59.2 Å². The van der Waals surface area contributed by atoms with Crippen molar-refractivity contribution in [2.75, 3.05) is 39.9 Å². The van der Waals surface area contributed by atoms with Gasteiger partial charge in [-0.05, 0) is 25.0 Å². The van der Waals surface area contributed by atoms with Crippen LogP contribution in [0.5, 0.6) is 0 Å². The van der Waals surface area contributed by atoms with Gasteiger partial charge in [0.15, 0.2) is 5.96 Å². The quantitative estimate of drug-likeness (QED) is 0.410. The number of ether oxygens (including phenoxy) is 2. The highest BCUT2D eigenvalue weighted by molar-refractivity contribution is 14.0. The highest BCUT2D eigenvalue weighted by atomic mass is 127. The molecule has 27 heavy (non-hydrogen) atoms. The normalized spacial score (nSPS) is 23.4. The predicted octanol–water partition coefficient (Wildman–Crippen LogP) is 3.05. The lowest BCUT2D eigenvalue weighted by Gasteiger charge is -2.37.